The molecule has 1 fully saturated rings. The fraction of sp³-hybridized carbons (Fsp3) is 0.296. The first kappa shape index (κ1) is 21.0. The summed E-state index contributed by atoms with van der Waals surface area (Å²) in [5, 5.41) is 10.2. The number of anilines is 1. The van der Waals surface area contributed by atoms with Crippen LogP contribution in [0.15, 0.2) is 60.7 Å². The number of aliphatic hydroxyl groups excluding tert-OH is 1. The summed E-state index contributed by atoms with van der Waals surface area (Å²) in [4.78, 5) is 17.7. The summed E-state index contributed by atoms with van der Waals surface area (Å²) in [7, 11) is 1.99. The van der Waals surface area contributed by atoms with Crippen molar-refractivity contribution in [3.8, 4) is 22.6 Å². The van der Waals surface area contributed by atoms with E-state index >= 15 is 0 Å². The molecule has 0 bridgehead atoms. The fourth-order valence-electron chi connectivity index (χ4n) is 5.72. The summed E-state index contributed by atoms with van der Waals surface area (Å²) in [6, 6.07) is 17.6. The van der Waals surface area contributed by atoms with Crippen LogP contribution in [0.4, 0.5) is 10.1 Å². The number of hydrogen-bond donors (Lipinski definition) is 1. The Bertz CT molecular complexity index is 1280. The van der Waals surface area contributed by atoms with Crippen LogP contribution in [-0.4, -0.2) is 48.9 Å². The van der Waals surface area contributed by atoms with Crippen LogP contribution in [0.1, 0.15) is 28.4 Å². The molecule has 3 atom stereocenters. The number of nitrogens with zero attached hydrogens (tertiary/aromatic N) is 2. The molecule has 0 aliphatic carbocycles. The molecule has 3 aromatic rings. The molecule has 1 saturated heterocycles. The largest absolute Gasteiger partial charge is 0.454 e. The lowest BCUT2D eigenvalue weighted by molar-refractivity contribution is 0.0693. The molecule has 3 aliphatic rings. The summed E-state index contributed by atoms with van der Waals surface area (Å²) in [6.07, 6.45) is 0.792. The van der Waals surface area contributed by atoms with E-state index in [1.807, 2.05) is 30.1 Å². The van der Waals surface area contributed by atoms with Gasteiger partial charge in [-0.15, -0.1) is 0 Å². The topological polar surface area (TPSA) is 62.2 Å². The molecule has 0 spiro atoms. The van der Waals surface area contributed by atoms with Gasteiger partial charge < -0.3 is 24.4 Å². The Morgan fingerprint density at radius 3 is 2.71 bits per heavy atom. The van der Waals surface area contributed by atoms with Crippen molar-refractivity contribution >= 4 is 11.6 Å². The van der Waals surface area contributed by atoms with Crippen LogP contribution in [-0.2, 0) is 0 Å². The first-order valence-electron chi connectivity index (χ1n) is 11.5. The van der Waals surface area contributed by atoms with E-state index in [1.54, 1.807) is 24.3 Å². The maximum Gasteiger partial charge on any atom is 0.254 e. The minimum atomic E-state index is -0.286. The predicted octanol–water partition coefficient (Wildman–Crippen LogP) is 4.24. The number of carbonyl (C=O) groups excluding carboxylic acids is 1. The van der Waals surface area contributed by atoms with Crippen LogP contribution in [0, 0.1) is 11.7 Å². The van der Waals surface area contributed by atoms with E-state index in [9.17, 15) is 14.3 Å². The zero-order valence-corrected chi connectivity index (χ0v) is 18.8. The van der Waals surface area contributed by atoms with E-state index in [2.05, 4.69) is 11.0 Å². The number of fused-ring (bicyclic) bond motifs is 4. The number of likely N-dealkylation sites (tertiary alicyclic amines) is 1. The second kappa shape index (κ2) is 8.02. The van der Waals surface area contributed by atoms with Crippen molar-refractivity contribution < 1.29 is 23.8 Å². The highest BCUT2D eigenvalue weighted by Crippen LogP contribution is 2.50. The molecule has 34 heavy (non-hydrogen) atoms. The molecule has 0 saturated carbocycles. The molecule has 0 aromatic heterocycles. The third kappa shape index (κ3) is 3.22. The van der Waals surface area contributed by atoms with Crippen molar-refractivity contribution in [1.29, 1.82) is 0 Å². The fourth-order valence-corrected chi connectivity index (χ4v) is 5.72. The third-order valence-electron chi connectivity index (χ3n) is 7.39. The maximum absolute atomic E-state index is 13.9. The maximum atomic E-state index is 13.9. The summed E-state index contributed by atoms with van der Waals surface area (Å²) >= 11 is 0. The van der Waals surface area contributed by atoms with Gasteiger partial charge in [0, 0.05) is 30.8 Å². The van der Waals surface area contributed by atoms with Crippen molar-refractivity contribution in [2.24, 2.45) is 5.92 Å². The predicted molar refractivity (Wildman–Crippen MR) is 126 cm³/mol. The Morgan fingerprint density at radius 2 is 1.88 bits per heavy atom. The van der Waals surface area contributed by atoms with Gasteiger partial charge in [-0.1, -0.05) is 18.2 Å². The van der Waals surface area contributed by atoms with Crippen molar-refractivity contribution in [1.82, 2.24) is 4.90 Å². The lowest BCUT2D eigenvalue weighted by Crippen LogP contribution is -2.48. The molecule has 7 heteroatoms. The molecule has 3 heterocycles. The Balaban J connectivity index is 1.43. The molecule has 1 amide bonds. The minimum absolute atomic E-state index is 0.00874. The third-order valence-corrected chi connectivity index (χ3v) is 7.39. The normalized spacial score (nSPS) is 22.5. The number of rotatable bonds is 3. The molecule has 0 unspecified atom stereocenters. The molecular formula is C27H25FN2O4. The first-order chi connectivity index (χ1) is 16.5. The van der Waals surface area contributed by atoms with E-state index in [0.717, 1.165) is 28.8 Å². The van der Waals surface area contributed by atoms with Gasteiger partial charge in [0.1, 0.15) is 5.82 Å². The number of carbonyl (C=O) groups is 1. The number of ether oxygens (including phenoxy) is 2. The van der Waals surface area contributed by atoms with Crippen LogP contribution in [0.3, 0.4) is 0 Å². The molecule has 3 aromatic carbocycles. The summed E-state index contributed by atoms with van der Waals surface area (Å²) in [5.74, 6) is 0.941. The van der Waals surface area contributed by atoms with Gasteiger partial charge in [0.05, 0.1) is 18.7 Å². The van der Waals surface area contributed by atoms with Crippen LogP contribution in [0.5, 0.6) is 11.5 Å². The minimum Gasteiger partial charge on any atom is -0.454 e. The summed E-state index contributed by atoms with van der Waals surface area (Å²) < 4.78 is 24.8. The highest BCUT2D eigenvalue weighted by molar-refractivity contribution is 5.95. The summed E-state index contributed by atoms with van der Waals surface area (Å²) in [6.45, 7) is 0.757. The number of halogens is 1. The average molecular weight is 461 g/mol. The second-order valence-electron chi connectivity index (χ2n) is 9.11. The van der Waals surface area contributed by atoms with Crippen LogP contribution >= 0.6 is 0 Å². The highest BCUT2D eigenvalue weighted by atomic mass is 19.1. The molecule has 6 rings (SSSR count). The standard InChI is InChI=1S/C27H25FN2O4/c1-29-22-7-5-17(16-3-2-4-19(28)11-16)12-21(22)26-20(23(29)14-31)9-10-30(26)27(32)18-6-8-24-25(13-18)34-15-33-24/h2-8,11-13,20,23,26,31H,9-10,14-15H2,1H3/t20-,23+,26-/m1/s1. The van der Waals surface area contributed by atoms with E-state index in [4.69, 9.17) is 9.47 Å². The van der Waals surface area contributed by atoms with E-state index in [1.165, 1.54) is 12.1 Å². The molecule has 1 N–H and O–H groups in total. The van der Waals surface area contributed by atoms with Gasteiger partial charge in [-0.2, -0.15) is 0 Å². The molecule has 0 radical (unpaired) electrons. The van der Waals surface area contributed by atoms with Gasteiger partial charge in [-0.05, 0) is 65.6 Å². The zero-order chi connectivity index (χ0) is 23.4. The zero-order valence-electron chi connectivity index (χ0n) is 18.8. The van der Waals surface area contributed by atoms with Gasteiger partial charge in [-0.3, -0.25) is 4.79 Å². The second-order valence-corrected chi connectivity index (χ2v) is 9.11. The lowest BCUT2D eigenvalue weighted by atomic mass is 9.81. The molecular weight excluding hydrogens is 435 g/mol. The SMILES string of the molecule is CN1c2ccc(-c3cccc(F)c3)cc2[C@H]2[C@H](CCN2C(=O)c2ccc3c(c2)OCO3)[C@@H]1CO. The van der Waals surface area contributed by atoms with E-state index in [0.29, 0.717) is 23.6 Å². The molecule has 3 aliphatic heterocycles. The van der Waals surface area contributed by atoms with Crippen molar-refractivity contribution in [2.45, 2.75) is 18.5 Å². The Labute approximate surface area is 197 Å². The monoisotopic (exact) mass is 460 g/mol. The smallest absolute Gasteiger partial charge is 0.254 e. The Kier molecular flexibility index (Phi) is 4.95. The average Bonchev–Trinajstić information content (AvgIpc) is 3.50. The van der Waals surface area contributed by atoms with Crippen LogP contribution in [0.2, 0.25) is 0 Å². The van der Waals surface area contributed by atoms with Crippen molar-refractivity contribution in [2.75, 3.05) is 31.9 Å². The number of amides is 1. The van der Waals surface area contributed by atoms with E-state index in [-0.39, 0.29) is 43.1 Å². The highest BCUT2D eigenvalue weighted by Gasteiger charge is 2.47. The quantitative estimate of drug-likeness (QED) is 0.634. The van der Waals surface area contributed by atoms with Gasteiger partial charge in [-0.25, -0.2) is 4.39 Å². The molecule has 6 nitrogen and oxygen atoms in total. The number of hydrogen-bond acceptors (Lipinski definition) is 5. The van der Waals surface area contributed by atoms with Crippen molar-refractivity contribution in [3.05, 3.63) is 77.6 Å². The lowest BCUT2D eigenvalue weighted by Gasteiger charge is -2.44. The van der Waals surface area contributed by atoms with Crippen molar-refractivity contribution in [3.63, 3.8) is 0 Å². The Hall–Kier alpha value is -3.58. The van der Waals surface area contributed by atoms with Gasteiger partial charge in [0.2, 0.25) is 6.79 Å². The van der Waals surface area contributed by atoms with Crippen LogP contribution in [0.25, 0.3) is 11.1 Å². The number of aliphatic hydroxyl groups is 1. The summed E-state index contributed by atoms with van der Waals surface area (Å²) in [5.41, 5.74) is 4.23. The van der Waals surface area contributed by atoms with Crippen LogP contribution < -0.4 is 14.4 Å². The number of benzene rings is 3. The van der Waals surface area contributed by atoms with Gasteiger partial charge >= 0.3 is 0 Å². The van der Waals surface area contributed by atoms with Gasteiger partial charge in [0.15, 0.2) is 11.5 Å². The van der Waals surface area contributed by atoms with Gasteiger partial charge in [0.25, 0.3) is 5.91 Å². The van der Waals surface area contributed by atoms with E-state index < -0.39 is 0 Å². The Morgan fingerprint density at radius 1 is 1.06 bits per heavy atom. The molecule has 174 valence electrons. The first-order valence-corrected chi connectivity index (χ1v) is 11.5. The number of likely N-dealkylation sites (N-methyl/N-ethyl adjacent to an activating group) is 1.